The van der Waals surface area contributed by atoms with Crippen LogP contribution in [0, 0.1) is 0 Å². The molecule has 7 heteroatoms. The predicted octanol–water partition coefficient (Wildman–Crippen LogP) is 4.53. The number of piperazine rings is 1. The molecule has 1 aliphatic heterocycles. The second-order valence-corrected chi connectivity index (χ2v) is 6.76. The third-order valence-electron chi connectivity index (χ3n) is 5.13. The Morgan fingerprint density at radius 1 is 1.14 bits per heavy atom. The number of aryl methyl sites for hydroxylation is 1. The number of carbonyl (C=O) groups is 1. The van der Waals surface area contributed by atoms with E-state index in [2.05, 4.69) is 41.5 Å². The lowest BCUT2D eigenvalue weighted by molar-refractivity contribution is 0.0634. The van der Waals surface area contributed by atoms with E-state index in [4.69, 9.17) is 4.42 Å². The van der Waals surface area contributed by atoms with Gasteiger partial charge in [-0.1, -0.05) is 43.3 Å². The summed E-state index contributed by atoms with van der Waals surface area (Å²) in [6.45, 7) is 4.43. The van der Waals surface area contributed by atoms with E-state index in [1.807, 2.05) is 29.2 Å². The Bertz CT molecular complexity index is 897. The molecule has 0 saturated carbocycles. The summed E-state index contributed by atoms with van der Waals surface area (Å²) in [5, 5.41) is 3.41. The van der Waals surface area contributed by atoms with Gasteiger partial charge in [-0.05, 0) is 29.7 Å². The van der Waals surface area contributed by atoms with Crippen molar-refractivity contribution in [2.45, 2.75) is 19.4 Å². The fourth-order valence-electron chi connectivity index (χ4n) is 3.52. The first kappa shape index (κ1) is 22.9. The molecule has 154 valence electrons. The van der Waals surface area contributed by atoms with Gasteiger partial charge in [0.2, 0.25) is 0 Å². The summed E-state index contributed by atoms with van der Waals surface area (Å²) in [5.41, 5.74) is 4.08. The summed E-state index contributed by atoms with van der Waals surface area (Å²) in [7, 11) is 0. The molecule has 1 atom stereocenters. The van der Waals surface area contributed by atoms with Gasteiger partial charge >= 0.3 is 0 Å². The average Bonchev–Trinajstić information content (AvgIpc) is 3.28. The van der Waals surface area contributed by atoms with E-state index in [-0.39, 0.29) is 36.8 Å². The molecule has 1 aromatic heterocycles. The van der Waals surface area contributed by atoms with Crippen molar-refractivity contribution in [3.63, 3.8) is 0 Å². The van der Waals surface area contributed by atoms with Gasteiger partial charge in [-0.25, -0.2) is 4.98 Å². The standard InChI is InChI=1S/C22H23N3O2.2ClH/c1-2-16-3-5-17(6-4-16)20-13-23-11-12-25(20)22(26)19-9-7-18(8-10-19)21-14-24-15-27-21;;/h3-10,14-15,20,23H,2,11-13H2,1H3;2*1H. The first-order chi connectivity index (χ1) is 13.3. The second-order valence-electron chi connectivity index (χ2n) is 6.76. The Hall–Kier alpha value is -2.34. The van der Waals surface area contributed by atoms with Crippen molar-refractivity contribution in [1.29, 1.82) is 0 Å². The zero-order valence-corrected chi connectivity index (χ0v) is 17.8. The number of halogens is 2. The maximum absolute atomic E-state index is 13.2. The molecule has 0 bridgehead atoms. The summed E-state index contributed by atoms with van der Waals surface area (Å²) < 4.78 is 5.32. The fourth-order valence-corrected chi connectivity index (χ4v) is 3.52. The molecule has 4 rings (SSSR count). The Balaban J connectivity index is 0.00000150. The van der Waals surface area contributed by atoms with Gasteiger partial charge in [-0.15, -0.1) is 24.8 Å². The summed E-state index contributed by atoms with van der Waals surface area (Å²) in [6.07, 6.45) is 4.09. The molecule has 2 heterocycles. The van der Waals surface area contributed by atoms with Crippen LogP contribution in [0.1, 0.15) is 34.5 Å². The molecule has 3 aromatic rings. The van der Waals surface area contributed by atoms with Crippen molar-refractivity contribution >= 4 is 30.7 Å². The minimum atomic E-state index is 0. The van der Waals surface area contributed by atoms with Crippen molar-refractivity contribution in [2.75, 3.05) is 19.6 Å². The number of oxazole rings is 1. The van der Waals surface area contributed by atoms with E-state index in [1.54, 1.807) is 6.20 Å². The monoisotopic (exact) mass is 433 g/mol. The molecule has 1 amide bonds. The molecule has 1 unspecified atom stereocenters. The van der Waals surface area contributed by atoms with Gasteiger partial charge in [0.05, 0.1) is 12.2 Å². The molecule has 2 aromatic carbocycles. The summed E-state index contributed by atoms with van der Waals surface area (Å²) in [5.74, 6) is 0.759. The summed E-state index contributed by atoms with van der Waals surface area (Å²) >= 11 is 0. The van der Waals surface area contributed by atoms with Crippen LogP contribution >= 0.6 is 24.8 Å². The van der Waals surface area contributed by atoms with Gasteiger partial charge in [0.15, 0.2) is 12.2 Å². The second kappa shape index (κ2) is 10.4. The molecule has 1 fully saturated rings. The normalized spacial score (nSPS) is 15.9. The molecule has 5 nitrogen and oxygen atoms in total. The van der Waals surface area contributed by atoms with Crippen LogP contribution in [0.3, 0.4) is 0 Å². The van der Waals surface area contributed by atoms with E-state index >= 15 is 0 Å². The zero-order chi connectivity index (χ0) is 18.6. The third kappa shape index (κ3) is 4.99. The maximum Gasteiger partial charge on any atom is 0.254 e. The Kier molecular flexibility index (Phi) is 8.26. The molecule has 0 aliphatic carbocycles. The number of carbonyl (C=O) groups excluding carboxylic acids is 1. The van der Waals surface area contributed by atoms with Crippen LogP contribution in [-0.2, 0) is 6.42 Å². The number of nitrogens with one attached hydrogen (secondary N) is 1. The molecule has 0 radical (unpaired) electrons. The highest BCUT2D eigenvalue weighted by atomic mass is 35.5. The largest absolute Gasteiger partial charge is 0.444 e. The van der Waals surface area contributed by atoms with Gasteiger partial charge in [0.25, 0.3) is 5.91 Å². The van der Waals surface area contributed by atoms with Crippen molar-refractivity contribution in [3.8, 4) is 11.3 Å². The molecular formula is C22H25Cl2N3O2. The SMILES string of the molecule is CCc1ccc(C2CNCCN2C(=O)c2ccc(-c3cnco3)cc2)cc1.Cl.Cl. The molecule has 1 N–H and O–H groups in total. The van der Waals surface area contributed by atoms with Crippen molar-refractivity contribution in [2.24, 2.45) is 0 Å². The minimum absolute atomic E-state index is 0. The number of amides is 1. The molecule has 29 heavy (non-hydrogen) atoms. The van der Waals surface area contributed by atoms with Crippen molar-refractivity contribution < 1.29 is 9.21 Å². The number of rotatable bonds is 4. The van der Waals surface area contributed by atoms with Crippen LogP contribution in [0.5, 0.6) is 0 Å². The number of nitrogens with zero attached hydrogens (tertiary/aromatic N) is 2. The minimum Gasteiger partial charge on any atom is -0.444 e. The van der Waals surface area contributed by atoms with Crippen molar-refractivity contribution in [3.05, 3.63) is 77.8 Å². The third-order valence-corrected chi connectivity index (χ3v) is 5.13. The first-order valence-electron chi connectivity index (χ1n) is 9.35. The number of hydrogen-bond acceptors (Lipinski definition) is 4. The van der Waals surface area contributed by atoms with Crippen LogP contribution < -0.4 is 5.32 Å². The van der Waals surface area contributed by atoms with E-state index in [1.165, 1.54) is 17.5 Å². The topological polar surface area (TPSA) is 58.4 Å². The molecule has 1 aliphatic rings. The van der Waals surface area contributed by atoms with E-state index in [0.717, 1.165) is 25.1 Å². The molecule has 1 saturated heterocycles. The zero-order valence-electron chi connectivity index (χ0n) is 16.2. The van der Waals surface area contributed by atoms with Crippen LogP contribution in [0.4, 0.5) is 0 Å². The lowest BCUT2D eigenvalue weighted by Crippen LogP contribution is -2.48. The first-order valence-corrected chi connectivity index (χ1v) is 9.35. The van der Waals surface area contributed by atoms with Crippen molar-refractivity contribution in [1.82, 2.24) is 15.2 Å². The number of benzene rings is 2. The highest BCUT2D eigenvalue weighted by Gasteiger charge is 2.28. The van der Waals surface area contributed by atoms with Gasteiger partial charge in [0, 0.05) is 30.8 Å². The van der Waals surface area contributed by atoms with E-state index in [0.29, 0.717) is 17.9 Å². The Labute approximate surface area is 183 Å². The fraction of sp³-hybridized carbons (Fsp3) is 0.273. The predicted molar refractivity (Wildman–Crippen MR) is 119 cm³/mol. The van der Waals surface area contributed by atoms with E-state index in [9.17, 15) is 4.79 Å². The van der Waals surface area contributed by atoms with Crippen LogP contribution in [0.25, 0.3) is 11.3 Å². The quantitative estimate of drug-likeness (QED) is 0.656. The Morgan fingerprint density at radius 3 is 2.48 bits per heavy atom. The smallest absolute Gasteiger partial charge is 0.254 e. The number of aromatic nitrogens is 1. The molecule has 0 spiro atoms. The lowest BCUT2D eigenvalue weighted by atomic mass is 9.99. The number of hydrogen-bond donors (Lipinski definition) is 1. The Morgan fingerprint density at radius 2 is 1.86 bits per heavy atom. The van der Waals surface area contributed by atoms with Gasteiger partial charge in [-0.3, -0.25) is 4.79 Å². The summed E-state index contributed by atoms with van der Waals surface area (Å²) in [6, 6.07) is 16.2. The maximum atomic E-state index is 13.2. The molecular weight excluding hydrogens is 409 g/mol. The van der Waals surface area contributed by atoms with Gasteiger partial charge in [0.1, 0.15) is 0 Å². The highest BCUT2D eigenvalue weighted by molar-refractivity contribution is 5.95. The van der Waals surface area contributed by atoms with Gasteiger partial charge < -0.3 is 14.6 Å². The van der Waals surface area contributed by atoms with Crippen LogP contribution in [0.15, 0.2) is 65.5 Å². The van der Waals surface area contributed by atoms with Crippen LogP contribution in [-0.4, -0.2) is 35.4 Å². The van der Waals surface area contributed by atoms with E-state index < -0.39 is 0 Å². The van der Waals surface area contributed by atoms with Gasteiger partial charge in [-0.2, -0.15) is 0 Å². The average molecular weight is 434 g/mol. The lowest BCUT2D eigenvalue weighted by Gasteiger charge is -2.36. The highest BCUT2D eigenvalue weighted by Crippen LogP contribution is 2.26. The summed E-state index contributed by atoms with van der Waals surface area (Å²) in [4.78, 5) is 19.1. The van der Waals surface area contributed by atoms with Crippen LogP contribution in [0.2, 0.25) is 0 Å².